The Balaban J connectivity index is 2.45. The molecule has 2 rings (SSSR count). The van der Waals surface area contributed by atoms with Crippen LogP contribution in [0, 0.1) is 0 Å². The Bertz CT molecular complexity index is 617. The van der Waals surface area contributed by atoms with E-state index in [1.165, 1.54) is 6.07 Å². The normalized spacial score (nSPS) is 32.9. The van der Waals surface area contributed by atoms with Gasteiger partial charge in [-0.1, -0.05) is 5.11 Å². The van der Waals surface area contributed by atoms with Gasteiger partial charge in [-0.15, -0.1) is 0 Å². The van der Waals surface area contributed by atoms with Gasteiger partial charge >= 0.3 is 5.69 Å². The summed E-state index contributed by atoms with van der Waals surface area (Å²) in [4.78, 5) is 17.4. The predicted octanol–water partition coefficient (Wildman–Crippen LogP) is -0.948. The van der Waals surface area contributed by atoms with Crippen LogP contribution in [0.4, 0.5) is 10.2 Å². The molecule has 4 atom stereocenters. The van der Waals surface area contributed by atoms with E-state index in [-0.39, 0.29) is 5.82 Å². The maximum Gasteiger partial charge on any atom is 0.351 e. The molecule has 0 saturated carbocycles. The summed E-state index contributed by atoms with van der Waals surface area (Å²) in [7, 11) is 0. The first-order chi connectivity index (χ1) is 9.45. The van der Waals surface area contributed by atoms with Crippen molar-refractivity contribution in [1.82, 2.24) is 9.55 Å². The Morgan fingerprint density at radius 1 is 1.75 bits per heavy atom. The van der Waals surface area contributed by atoms with Gasteiger partial charge in [0.25, 0.3) is 0 Å². The smallest absolute Gasteiger partial charge is 0.351 e. The number of nitrogens with zero attached hydrogens (tertiary/aromatic N) is 5. The van der Waals surface area contributed by atoms with Crippen LogP contribution in [0.5, 0.6) is 0 Å². The van der Waals surface area contributed by atoms with E-state index >= 15 is 0 Å². The molecule has 20 heavy (non-hydrogen) atoms. The van der Waals surface area contributed by atoms with Gasteiger partial charge in [-0.25, -0.2) is 9.18 Å². The highest BCUT2D eigenvalue weighted by Crippen LogP contribution is 2.39. The third kappa shape index (κ3) is 2.08. The Kier molecular flexibility index (Phi) is 3.59. The maximum absolute atomic E-state index is 14.1. The van der Waals surface area contributed by atoms with E-state index in [9.17, 15) is 19.4 Å². The number of ether oxygens (including phenoxy) is 1. The number of aromatic nitrogens is 2. The SMILES string of the molecule is [N-]=[N+]=NC1(CO)O[C@H](n2ccc(N)nc2=O)C(F)C1O. The van der Waals surface area contributed by atoms with E-state index in [1.807, 2.05) is 0 Å². The molecule has 108 valence electrons. The van der Waals surface area contributed by atoms with E-state index < -0.39 is 36.5 Å². The number of aliphatic hydroxyl groups excluding tert-OH is 2. The molecule has 0 radical (unpaired) electrons. The summed E-state index contributed by atoms with van der Waals surface area (Å²) in [6.07, 6.45) is -4.50. The first kappa shape index (κ1) is 14.2. The number of alkyl halides is 1. The molecule has 10 nitrogen and oxygen atoms in total. The topological polar surface area (TPSA) is 159 Å². The predicted molar refractivity (Wildman–Crippen MR) is 62.9 cm³/mol. The van der Waals surface area contributed by atoms with Crippen LogP contribution in [0.3, 0.4) is 0 Å². The number of nitrogens with two attached hydrogens (primary N) is 1. The Labute approximate surface area is 110 Å². The molecule has 1 saturated heterocycles. The highest BCUT2D eigenvalue weighted by atomic mass is 19.1. The summed E-state index contributed by atoms with van der Waals surface area (Å²) in [5, 5.41) is 22.0. The van der Waals surface area contributed by atoms with Crippen molar-refractivity contribution in [2.24, 2.45) is 5.11 Å². The molecule has 0 bridgehead atoms. The second-order valence-electron chi connectivity index (χ2n) is 4.13. The van der Waals surface area contributed by atoms with Crippen molar-refractivity contribution < 1.29 is 19.3 Å². The van der Waals surface area contributed by atoms with Crippen molar-refractivity contribution >= 4 is 5.82 Å². The number of hydrogen-bond acceptors (Lipinski definition) is 7. The largest absolute Gasteiger partial charge is 0.393 e. The second-order valence-corrected chi connectivity index (χ2v) is 4.13. The zero-order valence-corrected chi connectivity index (χ0v) is 10.00. The van der Waals surface area contributed by atoms with Gasteiger partial charge in [0.15, 0.2) is 12.4 Å². The molecule has 2 heterocycles. The molecule has 0 aliphatic carbocycles. The molecule has 11 heteroatoms. The molecule has 1 aromatic heterocycles. The van der Waals surface area contributed by atoms with E-state index in [4.69, 9.17) is 16.0 Å². The lowest BCUT2D eigenvalue weighted by Gasteiger charge is -2.23. The summed E-state index contributed by atoms with van der Waals surface area (Å²) < 4.78 is 19.9. The van der Waals surface area contributed by atoms with Crippen LogP contribution in [-0.4, -0.2) is 44.4 Å². The van der Waals surface area contributed by atoms with E-state index in [2.05, 4.69) is 15.0 Å². The van der Waals surface area contributed by atoms with E-state index in [0.717, 1.165) is 10.8 Å². The first-order valence-corrected chi connectivity index (χ1v) is 5.47. The van der Waals surface area contributed by atoms with Crippen molar-refractivity contribution in [2.45, 2.75) is 24.2 Å². The number of rotatable bonds is 3. The van der Waals surface area contributed by atoms with Crippen molar-refractivity contribution in [3.63, 3.8) is 0 Å². The molecular weight excluding hydrogens is 275 g/mol. The molecule has 4 N–H and O–H groups in total. The summed E-state index contributed by atoms with van der Waals surface area (Å²) in [6.45, 7) is -0.952. The average Bonchev–Trinajstić information content (AvgIpc) is 2.65. The lowest BCUT2D eigenvalue weighted by Crippen LogP contribution is -2.43. The average molecular weight is 286 g/mol. The highest BCUT2D eigenvalue weighted by Gasteiger charge is 2.56. The van der Waals surface area contributed by atoms with Gasteiger partial charge in [0.2, 0.25) is 5.72 Å². The monoisotopic (exact) mass is 286 g/mol. The first-order valence-electron chi connectivity index (χ1n) is 5.47. The van der Waals surface area contributed by atoms with Gasteiger partial charge in [0.05, 0.1) is 6.61 Å². The molecular formula is C9H11FN6O4. The van der Waals surface area contributed by atoms with Crippen LogP contribution in [0.25, 0.3) is 10.4 Å². The van der Waals surface area contributed by atoms with Crippen LogP contribution in [0.15, 0.2) is 22.2 Å². The third-order valence-corrected chi connectivity index (χ3v) is 2.93. The van der Waals surface area contributed by atoms with Crippen molar-refractivity contribution in [3.05, 3.63) is 33.2 Å². The van der Waals surface area contributed by atoms with Crippen LogP contribution in [0.2, 0.25) is 0 Å². The lowest BCUT2D eigenvalue weighted by atomic mass is 10.1. The standard InChI is InChI=1S/C9H11FN6O4/c10-5-6(18)9(3-17,14-15-12)20-7(5)16-2-1-4(11)13-8(16)19/h1-2,5-7,17-18H,3H2,(H2,11,13,19)/t5?,6?,7-,9?/m0/s1. The van der Waals surface area contributed by atoms with Gasteiger partial charge in [0.1, 0.15) is 11.9 Å². The number of aliphatic hydroxyl groups is 2. The summed E-state index contributed by atoms with van der Waals surface area (Å²) >= 11 is 0. The Morgan fingerprint density at radius 3 is 3.00 bits per heavy atom. The molecule has 0 amide bonds. The molecule has 1 fully saturated rings. The number of anilines is 1. The molecule has 1 aliphatic heterocycles. The highest BCUT2D eigenvalue weighted by molar-refractivity contribution is 5.23. The number of halogens is 1. The summed E-state index contributed by atoms with van der Waals surface area (Å²) in [5.74, 6) is -0.0660. The van der Waals surface area contributed by atoms with Crippen LogP contribution in [-0.2, 0) is 4.74 Å². The van der Waals surface area contributed by atoms with E-state index in [1.54, 1.807) is 0 Å². The van der Waals surface area contributed by atoms with Gasteiger partial charge in [-0.3, -0.25) is 4.57 Å². The van der Waals surface area contributed by atoms with Crippen molar-refractivity contribution in [3.8, 4) is 0 Å². The fourth-order valence-electron chi connectivity index (χ4n) is 1.90. The maximum atomic E-state index is 14.1. The molecule has 1 aromatic rings. The fraction of sp³-hybridized carbons (Fsp3) is 0.556. The molecule has 0 spiro atoms. The second kappa shape index (κ2) is 5.06. The number of hydrogen-bond donors (Lipinski definition) is 3. The van der Waals surface area contributed by atoms with Gasteiger partial charge < -0.3 is 20.7 Å². The summed E-state index contributed by atoms with van der Waals surface area (Å²) in [6, 6.07) is 1.23. The van der Waals surface area contributed by atoms with Crippen LogP contribution >= 0.6 is 0 Å². The quantitative estimate of drug-likeness (QED) is 0.369. The van der Waals surface area contributed by atoms with Crippen LogP contribution < -0.4 is 11.4 Å². The van der Waals surface area contributed by atoms with Gasteiger partial charge in [-0.2, -0.15) is 4.98 Å². The minimum absolute atomic E-state index is 0.0660. The molecule has 0 aromatic carbocycles. The minimum atomic E-state index is -2.19. The molecule has 3 unspecified atom stereocenters. The zero-order chi connectivity index (χ0) is 14.9. The van der Waals surface area contributed by atoms with Crippen molar-refractivity contribution in [2.75, 3.05) is 12.3 Å². The minimum Gasteiger partial charge on any atom is -0.393 e. The number of azide groups is 1. The van der Waals surface area contributed by atoms with Crippen molar-refractivity contribution in [1.29, 1.82) is 0 Å². The fourth-order valence-corrected chi connectivity index (χ4v) is 1.90. The Morgan fingerprint density at radius 2 is 2.45 bits per heavy atom. The van der Waals surface area contributed by atoms with Gasteiger partial charge in [-0.05, 0) is 11.6 Å². The van der Waals surface area contributed by atoms with Crippen LogP contribution in [0.1, 0.15) is 6.23 Å². The zero-order valence-electron chi connectivity index (χ0n) is 10.00. The lowest BCUT2D eigenvalue weighted by molar-refractivity contribution is -0.124. The Hall–Kier alpha value is -2.20. The third-order valence-electron chi connectivity index (χ3n) is 2.93. The number of nitrogen functional groups attached to an aromatic ring is 1. The van der Waals surface area contributed by atoms with E-state index in [0.29, 0.717) is 0 Å². The summed E-state index contributed by atoms with van der Waals surface area (Å²) in [5.41, 5.74) is 10.6. The molecule has 1 aliphatic rings. The van der Waals surface area contributed by atoms with Gasteiger partial charge in [0, 0.05) is 11.1 Å².